The van der Waals surface area contributed by atoms with Gasteiger partial charge in [-0.15, -0.1) is 0 Å². The average Bonchev–Trinajstić information content (AvgIpc) is 2.67. The van der Waals surface area contributed by atoms with Crippen LogP contribution in [0, 0.1) is 6.92 Å². The lowest BCUT2D eigenvalue weighted by atomic mass is 10.1. The quantitative estimate of drug-likeness (QED) is 0.582. The molecule has 170 valence electrons. The summed E-state index contributed by atoms with van der Waals surface area (Å²) in [5.41, 5.74) is 1.04. The number of halogens is 3. The van der Waals surface area contributed by atoms with Crippen molar-refractivity contribution in [2.45, 2.75) is 31.3 Å². The van der Waals surface area contributed by atoms with Crippen molar-refractivity contribution >= 4 is 15.9 Å². The number of piperazine rings is 1. The van der Waals surface area contributed by atoms with Gasteiger partial charge in [0.15, 0.2) is 0 Å². The van der Waals surface area contributed by atoms with Crippen molar-refractivity contribution in [1.82, 2.24) is 14.5 Å². The molecule has 0 bridgehead atoms. The van der Waals surface area contributed by atoms with Gasteiger partial charge in [-0.2, -0.15) is 13.2 Å². The van der Waals surface area contributed by atoms with Gasteiger partial charge in [0.1, 0.15) is 6.61 Å². The van der Waals surface area contributed by atoms with E-state index in [1.165, 1.54) is 12.1 Å². The van der Waals surface area contributed by atoms with Crippen molar-refractivity contribution in [3.63, 3.8) is 0 Å². The fourth-order valence-electron chi connectivity index (χ4n) is 3.20. The monoisotopic (exact) mass is 451 g/mol. The van der Waals surface area contributed by atoms with Gasteiger partial charge in [-0.05, 0) is 31.0 Å². The van der Waals surface area contributed by atoms with E-state index in [1.54, 1.807) is 24.8 Å². The number of aryl methyl sites for hydroxylation is 1. The van der Waals surface area contributed by atoms with Crippen molar-refractivity contribution in [3.8, 4) is 0 Å². The van der Waals surface area contributed by atoms with Crippen LogP contribution in [0.3, 0.4) is 0 Å². The number of rotatable bonds is 9. The van der Waals surface area contributed by atoms with E-state index in [0.717, 1.165) is 0 Å². The highest BCUT2D eigenvalue weighted by atomic mass is 32.2. The molecule has 0 saturated carbocycles. The van der Waals surface area contributed by atoms with Gasteiger partial charge < -0.3 is 9.64 Å². The van der Waals surface area contributed by atoms with Crippen molar-refractivity contribution in [1.29, 1.82) is 0 Å². The maximum Gasteiger partial charge on any atom is 0.411 e. The molecule has 1 aliphatic rings. The molecule has 0 unspecified atom stereocenters. The van der Waals surface area contributed by atoms with Crippen LogP contribution in [0.5, 0.6) is 0 Å². The number of carbonyl (C=O) groups is 1. The lowest BCUT2D eigenvalue weighted by Gasteiger charge is -2.35. The minimum absolute atomic E-state index is 0.0326. The van der Waals surface area contributed by atoms with Crippen LogP contribution in [0.25, 0.3) is 0 Å². The Morgan fingerprint density at radius 1 is 1.20 bits per heavy atom. The summed E-state index contributed by atoms with van der Waals surface area (Å²) in [7, 11) is -3.66. The molecule has 1 saturated heterocycles. The average molecular weight is 452 g/mol. The Hall–Kier alpha value is -1.69. The number of sulfonamides is 1. The zero-order chi connectivity index (χ0) is 22.4. The molecule has 1 aromatic carbocycles. The Morgan fingerprint density at radius 3 is 2.47 bits per heavy atom. The van der Waals surface area contributed by atoms with Crippen LogP contribution >= 0.6 is 0 Å². The third kappa shape index (κ3) is 7.22. The van der Waals surface area contributed by atoms with Gasteiger partial charge in [0.2, 0.25) is 10.0 Å². The van der Waals surface area contributed by atoms with Crippen LogP contribution in [-0.4, -0.2) is 82.8 Å². The maximum atomic E-state index is 12.9. The second-order valence-corrected chi connectivity index (χ2v) is 8.90. The smallest absolute Gasteiger partial charge is 0.372 e. The van der Waals surface area contributed by atoms with E-state index in [9.17, 15) is 26.4 Å². The van der Waals surface area contributed by atoms with Crippen molar-refractivity contribution < 1.29 is 31.1 Å². The minimum Gasteiger partial charge on any atom is -0.372 e. The van der Waals surface area contributed by atoms with E-state index in [0.29, 0.717) is 50.3 Å². The molecule has 0 aromatic heterocycles. The summed E-state index contributed by atoms with van der Waals surface area (Å²) < 4.78 is 67.6. The van der Waals surface area contributed by atoms with Crippen LogP contribution in [0.15, 0.2) is 23.1 Å². The molecule has 1 fully saturated rings. The van der Waals surface area contributed by atoms with Crippen LogP contribution < -0.4 is 4.72 Å². The van der Waals surface area contributed by atoms with Crippen LogP contribution in [-0.2, 0) is 14.8 Å². The SMILES string of the molecule is CCNS(=O)(=O)c1ccc(C)c(C(=O)N2CCN(CCCOCC(F)(F)F)CC2)c1. The number of nitrogens with zero attached hydrogens (tertiary/aromatic N) is 2. The van der Waals surface area contributed by atoms with Crippen LogP contribution in [0.4, 0.5) is 13.2 Å². The fourth-order valence-corrected chi connectivity index (χ4v) is 4.26. The van der Waals surface area contributed by atoms with E-state index in [2.05, 4.69) is 14.4 Å². The molecule has 11 heteroatoms. The third-order valence-electron chi connectivity index (χ3n) is 4.77. The summed E-state index contributed by atoms with van der Waals surface area (Å²) in [5.74, 6) is -0.228. The molecule has 0 aliphatic carbocycles. The fraction of sp³-hybridized carbons (Fsp3) is 0.632. The molecule has 1 N–H and O–H groups in total. The number of ether oxygens (including phenoxy) is 1. The summed E-state index contributed by atoms with van der Waals surface area (Å²) in [6.07, 6.45) is -3.83. The molecule has 1 heterocycles. The molecule has 30 heavy (non-hydrogen) atoms. The molecular formula is C19H28F3N3O4S. The number of hydrogen-bond donors (Lipinski definition) is 1. The highest BCUT2D eigenvalue weighted by Crippen LogP contribution is 2.19. The van der Waals surface area contributed by atoms with Crippen LogP contribution in [0.2, 0.25) is 0 Å². The van der Waals surface area contributed by atoms with Crippen molar-refractivity contribution in [2.75, 3.05) is 52.5 Å². The predicted octanol–water partition coefficient (Wildman–Crippen LogP) is 2.02. The second-order valence-electron chi connectivity index (χ2n) is 7.13. The largest absolute Gasteiger partial charge is 0.411 e. The van der Waals surface area contributed by atoms with E-state index >= 15 is 0 Å². The van der Waals surface area contributed by atoms with E-state index in [-0.39, 0.29) is 24.0 Å². The van der Waals surface area contributed by atoms with Gasteiger partial charge in [-0.3, -0.25) is 9.69 Å². The number of alkyl halides is 3. The van der Waals surface area contributed by atoms with Gasteiger partial charge in [0.25, 0.3) is 5.91 Å². The molecule has 1 aliphatic heterocycles. The summed E-state index contributed by atoms with van der Waals surface area (Å²) in [6.45, 7) is 5.20. The molecule has 1 amide bonds. The summed E-state index contributed by atoms with van der Waals surface area (Å²) in [5, 5.41) is 0. The molecular weight excluding hydrogens is 423 g/mol. The van der Waals surface area contributed by atoms with E-state index in [4.69, 9.17) is 0 Å². The standard InChI is InChI=1S/C19H28F3N3O4S/c1-3-23-30(27,28)16-6-5-15(2)17(13-16)18(26)25-10-8-24(9-11-25)7-4-12-29-14-19(20,21)22/h5-6,13,23H,3-4,7-12,14H2,1-2H3. The maximum absolute atomic E-state index is 12.9. The summed E-state index contributed by atoms with van der Waals surface area (Å²) >= 11 is 0. The topological polar surface area (TPSA) is 79.0 Å². The van der Waals surface area contributed by atoms with E-state index in [1.807, 2.05) is 0 Å². The second kappa shape index (κ2) is 10.6. The van der Waals surface area contributed by atoms with Gasteiger partial charge in [-0.1, -0.05) is 13.0 Å². The first-order valence-electron chi connectivity index (χ1n) is 9.80. The first-order chi connectivity index (χ1) is 14.0. The minimum atomic E-state index is -4.31. The number of nitrogens with one attached hydrogen (secondary N) is 1. The Kier molecular flexibility index (Phi) is 8.65. The number of amides is 1. The molecule has 1 aromatic rings. The molecule has 0 spiro atoms. The van der Waals surface area contributed by atoms with Crippen LogP contribution in [0.1, 0.15) is 29.3 Å². The van der Waals surface area contributed by atoms with Crippen molar-refractivity contribution in [2.24, 2.45) is 0 Å². The summed E-state index contributed by atoms with van der Waals surface area (Å²) in [4.78, 5) is 16.7. The lowest BCUT2D eigenvalue weighted by Crippen LogP contribution is -2.49. The van der Waals surface area contributed by atoms with Gasteiger partial charge in [-0.25, -0.2) is 13.1 Å². The number of carbonyl (C=O) groups excluding carboxylic acids is 1. The Morgan fingerprint density at radius 2 is 1.87 bits per heavy atom. The predicted molar refractivity (Wildman–Crippen MR) is 106 cm³/mol. The molecule has 7 nitrogen and oxygen atoms in total. The zero-order valence-electron chi connectivity index (χ0n) is 17.2. The highest BCUT2D eigenvalue weighted by Gasteiger charge is 2.27. The van der Waals surface area contributed by atoms with Gasteiger partial charge in [0, 0.05) is 51.4 Å². The summed E-state index contributed by atoms with van der Waals surface area (Å²) in [6, 6.07) is 4.50. The Bertz CT molecular complexity index is 823. The molecule has 0 atom stereocenters. The van der Waals surface area contributed by atoms with Crippen molar-refractivity contribution in [3.05, 3.63) is 29.3 Å². The van der Waals surface area contributed by atoms with Gasteiger partial charge >= 0.3 is 6.18 Å². The molecule has 0 radical (unpaired) electrons. The first kappa shape index (κ1) is 24.6. The Balaban J connectivity index is 1.88. The number of benzene rings is 1. The highest BCUT2D eigenvalue weighted by molar-refractivity contribution is 7.89. The Labute approximate surface area is 175 Å². The third-order valence-corrected chi connectivity index (χ3v) is 6.32. The zero-order valence-corrected chi connectivity index (χ0v) is 18.0. The normalized spacial score (nSPS) is 16.1. The van der Waals surface area contributed by atoms with Gasteiger partial charge in [0.05, 0.1) is 4.90 Å². The molecule has 2 rings (SSSR count). The first-order valence-corrected chi connectivity index (χ1v) is 11.3. The number of hydrogen-bond acceptors (Lipinski definition) is 5. The lowest BCUT2D eigenvalue weighted by molar-refractivity contribution is -0.174. The van der Waals surface area contributed by atoms with E-state index < -0.39 is 22.8 Å².